The van der Waals surface area contributed by atoms with E-state index < -0.39 is 0 Å². The maximum Gasteiger partial charge on any atom is 0.226 e. The van der Waals surface area contributed by atoms with Crippen molar-refractivity contribution in [1.29, 1.82) is 0 Å². The number of hydrogen-bond donors (Lipinski definition) is 1. The molecule has 5 heterocycles. The first-order chi connectivity index (χ1) is 13.6. The lowest BCUT2D eigenvalue weighted by Crippen LogP contribution is -2.38. The molecule has 5 rings (SSSR count). The van der Waals surface area contributed by atoms with Gasteiger partial charge in [-0.15, -0.1) is 5.10 Å². The first-order valence-electron chi connectivity index (χ1n) is 9.56. The summed E-state index contributed by atoms with van der Waals surface area (Å²) in [6.07, 6.45) is 2.16. The SMILES string of the molecule is Cc1cc(C)n2nc3c(c2n1)[C@@H](c1cccnc1N1CCOCC1)CC(=O)N3. The van der Waals surface area contributed by atoms with E-state index in [4.69, 9.17) is 9.72 Å². The number of pyridine rings is 1. The van der Waals surface area contributed by atoms with Crippen LogP contribution in [0.25, 0.3) is 5.65 Å². The zero-order valence-corrected chi connectivity index (χ0v) is 16.0. The smallest absolute Gasteiger partial charge is 0.226 e. The van der Waals surface area contributed by atoms with Gasteiger partial charge in [-0.05, 0) is 26.0 Å². The fraction of sp³-hybridized carbons (Fsp3) is 0.400. The van der Waals surface area contributed by atoms with Gasteiger partial charge in [0.25, 0.3) is 0 Å². The zero-order valence-electron chi connectivity index (χ0n) is 16.0. The molecule has 3 aromatic rings. The molecule has 144 valence electrons. The maximum absolute atomic E-state index is 12.5. The monoisotopic (exact) mass is 378 g/mol. The summed E-state index contributed by atoms with van der Waals surface area (Å²) in [6.45, 7) is 6.93. The third-order valence-corrected chi connectivity index (χ3v) is 5.43. The van der Waals surface area contributed by atoms with E-state index in [1.165, 1.54) is 0 Å². The number of anilines is 2. The van der Waals surface area contributed by atoms with Crippen LogP contribution in [0.4, 0.5) is 11.6 Å². The number of morpholine rings is 1. The Hall–Kier alpha value is -3.00. The number of carbonyl (C=O) groups is 1. The second kappa shape index (κ2) is 6.56. The van der Waals surface area contributed by atoms with Gasteiger partial charge in [0.05, 0.1) is 13.2 Å². The number of ether oxygens (including phenoxy) is 1. The van der Waals surface area contributed by atoms with Crippen LogP contribution < -0.4 is 10.2 Å². The zero-order chi connectivity index (χ0) is 19.3. The molecular weight excluding hydrogens is 356 g/mol. The maximum atomic E-state index is 12.5. The van der Waals surface area contributed by atoms with Gasteiger partial charge < -0.3 is 15.0 Å². The second-order valence-electron chi connectivity index (χ2n) is 7.36. The highest BCUT2D eigenvalue weighted by atomic mass is 16.5. The van der Waals surface area contributed by atoms with E-state index in [1.54, 1.807) is 6.20 Å². The van der Waals surface area contributed by atoms with Crippen LogP contribution in [-0.4, -0.2) is 51.8 Å². The van der Waals surface area contributed by atoms with Gasteiger partial charge in [-0.1, -0.05) is 6.07 Å². The number of fused-ring (bicyclic) bond motifs is 3. The van der Waals surface area contributed by atoms with Crippen LogP contribution in [-0.2, 0) is 9.53 Å². The highest BCUT2D eigenvalue weighted by Gasteiger charge is 2.34. The van der Waals surface area contributed by atoms with Gasteiger partial charge >= 0.3 is 0 Å². The third kappa shape index (κ3) is 2.72. The average Bonchev–Trinajstić information content (AvgIpc) is 3.06. The van der Waals surface area contributed by atoms with E-state index in [0.29, 0.717) is 25.5 Å². The number of aryl methyl sites for hydroxylation is 2. The third-order valence-electron chi connectivity index (χ3n) is 5.43. The normalized spacial score (nSPS) is 19.6. The number of nitrogens with zero attached hydrogens (tertiary/aromatic N) is 5. The molecule has 1 fully saturated rings. The van der Waals surface area contributed by atoms with E-state index in [2.05, 4.69) is 26.4 Å². The topological polar surface area (TPSA) is 84.7 Å². The molecule has 2 aliphatic rings. The molecule has 8 heteroatoms. The van der Waals surface area contributed by atoms with Crippen LogP contribution in [0.2, 0.25) is 0 Å². The van der Waals surface area contributed by atoms with E-state index in [9.17, 15) is 4.79 Å². The summed E-state index contributed by atoms with van der Waals surface area (Å²) in [4.78, 5) is 24.1. The van der Waals surface area contributed by atoms with Crippen molar-refractivity contribution in [2.45, 2.75) is 26.2 Å². The standard InChI is InChI=1S/C20H22N6O2/c1-12-10-13(2)26-20(22-12)17-15(11-16(27)23-18(17)24-26)14-4-3-5-21-19(14)25-6-8-28-9-7-25/h3-5,10,15H,6-9,11H2,1-2H3,(H,23,24,27)/t15-/m1/s1. The van der Waals surface area contributed by atoms with E-state index >= 15 is 0 Å². The Labute approximate surface area is 162 Å². The summed E-state index contributed by atoms with van der Waals surface area (Å²) in [6, 6.07) is 5.99. The van der Waals surface area contributed by atoms with Crippen molar-refractivity contribution in [2.75, 3.05) is 36.5 Å². The van der Waals surface area contributed by atoms with Gasteiger partial charge in [-0.3, -0.25) is 4.79 Å². The van der Waals surface area contributed by atoms with Crippen LogP contribution in [0.3, 0.4) is 0 Å². The Balaban J connectivity index is 1.70. The number of aromatic nitrogens is 4. The second-order valence-corrected chi connectivity index (χ2v) is 7.36. The van der Waals surface area contributed by atoms with Crippen LogP contribution in [0.1, 0.15) is 34.9 Å². The average molecular weight is 378 g/mol. The molecule has 1 amide bonds. The summed E-state index contributed by atoms with van der Waals surface area (Å²) in [5.41, 5.74) is 4.73. The van der Waals surface area contributed by atoms with E-state index in [0.717, 1.165) is 47.1 Å². The van der Waals surface area contributed by atoms with E-state index in [-0.39, 0.29) is 11.8 Å². The minimum Gasteiger partial charge on any atom is -0.378 e. The Morgan fingerprint density at radius 2 is 2.07 bits per heavy atom. The molecule has 2 aliphatic heterocycles. The van der Waals surface area contributed by atoms with Crippen molar-refractivity contribution in [1.82, 2.24) is 19.6 Å². The van der Waals surface area contributed by atoms with Gasteiger partial charge in [-0.25, -0.2) is 14.5 Å². The van der Waals surface area contributed by atoms with Gasteiger partial charge in [0.15, 0.2) is 11.5 Å². The number of nitrogens with one attached hydrogen (secondary N) is 1. The van der Waals surface area contributed by atoms with Crippen molar-refractivity contribution < 1.29 is 9.53 Å². The summed E-state index contributed by atoms with van der Waals surface area (Å²) in [7, 11) is 0. The number of amides is 1. The lowest BCUT2D eigenvalue weighted by molar-refractivity contribution is -0.116. The predicted octanol–water partition coefficient (Wildman–Crippen LogP) is 2.05. The van der Waals surface area contributed by atoms with Gasteiger partial charge in [-0.2, -0.15) is 0 Å². The minimum atomic E-state index is -0.138. The van der Waals surface area contributed by atoms with Gasteiger partial charge in [0, 0.05) is 54.1 Å². The van der Waals surface area contributed by atoms with Crippen molar-refractivity contribution in [3.8, 4) is 0 Å². The summed E-state index contributed by atoms with van der Waals surface area (Å²) < 4.78 is 7.32. The Bertz CT molecular complexity index is 1070. The quantitative estimate of drug-likeness (QED) is 0.735. The van der Waals surface area contributed by atoms with Crippen LogP contribution in [0.15, 0.2) is 24.4 Å². The first kappa shape index (κ1) is 17.1. The summed E-state index contributed by atoms with van der Waals surface area (Å²) in [5, 5.41) is 7.56. The van der Waals surface area contributed by atoms with Crippen molar-refractivity contribution in [2.24, 2.45) is 0 Å². The molecule has 1 N–H and O–H groups in total. The predicted molar refractivity (Wildman–Crippen MR) is 105 cm³/mol. The molecule has 0 saturated carbocycles. The van der Waals surface area contributed by atoms with Crippen LogP contribution >= 0.6 is 0 Å². The number of carbonyl (C=O) groups excluding carboxylic acids is 1. The molecule has 1 atom stereocenters. The molecule has 0 aromatic carbocycles. The molecule has 0 radical (unpaired) electrons. The Morgan fingerprint density at radius 1 is 1.25 bits per heavy atom. The fourth-order valence-corrected chi connectivity index (χ4v) is 4.21. The minimum absolute atomic E-state index is 0.0351. The molecule has 0 bridgehead atoms. The van der Waals surface area contributed by atoms with Gasteiger partial charge in [0.1, 0.15) is 5.82 Å². The van der Waals surface area contributed by atoms with Gasteiger partial charge in [0.2, 0.25) is 5.91 Å². The lowest BCUT2D eigenvalue weighted by atomic mass is 9.87. The molecule has 0 spiro atoms. The highest BCUT2D eigenvalue weighted by molar-refractivity contribution is 5.96. The first-order valence-corrected chi connectivity index (χ1v) is 9.56. The molecule has 1 saturated heterocycles. The Morgan fingerprint density at radius 3 is 2.89 bits per heavy atom. The summed E-state index contributed by atoms with van der Waals surface area (Å²) in [5.74, 6) is 1.34. The molecular formula is C20H22N6O2. The van der Waals surface area contributed by atoms with Crippen LogP contribution in [0.5, 0.6) is 0 Å². The van der Waals surface area contributed by atoms with Crippen molar-refractivity contribution in [3.63, 3.8) is 0 Å². The Kier molecular flexibility index (Phi) is 4.01. The molecule has 3 aromatic heterocycles. The number of rotatable bonds is 2. The largest absolute Gasteiger partial charge is 0.378 e. The number of hydrogen-bond acceptors (Lipinski definition) is 6. The fourth-order valence-electron chi connectivity index (χ4n) is 4.21. The molecule has 8 nitrogen and oxygen atoms in total. The van der Waals surface area contributed by atoms with E-state index in [1.807, 2.05) is 30.5 Å². The van der Waals surface area contributed by atoms with Crippen molar-refractivity contribution in [3.05, 3.63) is 46.9 Å². The van der Waals surface area contributed by atoms with Crippen LogP contribution in [0, 0.1) is 13.8 Å². The summed E-state index contributed by atoms with van der Waals surface area (Å²) >= 11 is 0. The van der Waals surface area contributed by atoms with Crippen molar-refractivity contribution >= 4 is 23.2 Å². The molecule has 0 unspecified atom stereocenters. The molecule has 28 heavy (non-hydrogen) atoms. The molecule has 0 aliphatic carbocycles. The lowest BCUT2D eigenvalue weighted by Gasteiger charge is -2.32. The highest BCUT2D eigenvalue weighted by Crippen LogP contribution is 2.42.